The van der Waals surface area contributed by atoms with Crippen LogP contribution in [-0.2, 0) is 10.2 Å². The van der Waals surface area contributed by atoms with Gasteiger partial charge in [-0.05, 0) is 38.9 Å². The first-order chi connectivity index (χ1) is 7.72. The quantitative estimate of drug-likeness (QED) is 0.529. The average Bonchev–Trinajstić information content (AvgIpc) is 2.55. The van der Waals surface area contributed by atoms with Gasteiger partial charge in [-0.2, -0.15) is 0 Å². The third-order valence-corrected chi connectivity index (χ3v) is 3.70. The summed E-state index contributed by atoms with van der Waals surface area (Å²) >= 11 is 0. The molecule has 0 bridgehead atoms. The maximum absolute atomic E-state index is 12.1. The number of hydrogen-bond donors (Lipinski definition) is 1. The van der Waals surface area contributed by atoms with Crippen molar-refractivity contribution in [3.8, 4) is 5.75 Å². The fourth-order valence-corrected chi connectivity index (χ4v) is 2.74. The van der Waals surface area contributed by atoms with Crippen molar-refractivity contribution < 1.29 is 9.53 Å². The molecule has 0 radical (unpaired) electrons. The van der Waals surface area contributed by atoms with E-state index in [1.807, 2.05) is 12.1 Å². The topological polar surface area (TPSA) is 38.3 Å². The van der Waals surface area contributed by atoms with E-state index in [2.05, 4.69) is 18.3 Å². The Balaban J connectivity index is 2.13. The first kappa shape index (κ1) is 9.85. The van der Waals surface area contributed by atoms with Crippen molar-refractivity contribution in [3.63, 3.8) is 0 Å². The van der Waals surface area contributed by atoms with Crippen molar-refractivity contribution in [3.05, 3.63) is 29.3 Å². The van der Waals surface area contributed by atoms with E-state index in [4.69, 9.17) is 4.74 Å². The number of nitrogens with one attached hydrogen (secondary N) is 1. The first-order valence-corrected chi connectivity index (χ1v) is 5.76. The van der Waals surface area contributed by atoms with Crippen LogP contribution in [0.1, 0.15) is 24.0 Å². The van der Waals surface area contributed by atoms with Crippen LogP contribution in [-0.4, -0.2) is 19.1 Å². The molecule has 3 heteroatoms. The van der Waals surface area contributed by atoms with E-state index >= 15 is 0 Å². The van der Waals surface area contributed by atoms with Gasteiger partial charge in [0.1, 0.15) is 5.75 Å². The summed E-state index contributed by atoms with van der Waals surface area (Å²) in [6, 6.07) is 6.01. The van der Waals surface area contributed by atoms with Crippen molar-refractivity contribution in [2.75, 3.05) is 13.1 Å². The van der Waals surface area contributed by atoms with Crippen molar-refractivity contribution >= 4 is 5.97 Å². The predicted octanol–water partition coefficient (Wildman–Crippen LogP) is 1.54. The second-order valence-corrected chi connectivity index (χ2v) is 4.72. The summed E-state index contributed by atoms with van der Waals surface area (Å²) in [5.74, 6) is 0.701. The van der Waals surface area contributed by atoms with Gasteiger partial charge in [-0.25, -0.2) is 0 Å². The molecule has 0 amide bonds. The number of hydrogen-bond acceptors (Lipinski definition) is 3. The van der Waals surface area contributed by atoms with Crippen LogP contribution in [0.15, 0.2) is 18.2 Å². The maximum atomic E-state index is 12.1. The highest BCUT2D eigenvalue weighted by Crippen LogP contribution is 2.45. The second kappa shape index (κ2) is 3.32. The van der Waals surface area contributed by atoms with Gasteiger partial charge in [-0.15, -0.1) is 0 Å². The van der Waals surface area contributed by atoms with Gasteiger partial charge in [0.25, 0.3) is 0 Å². The van der Waals surface area contributed by atoms with E-state index in [1.54, 1.807) is 0 Å². The molecule has 84 valence electrons. The Morgan fingerprint density at radius 3 is 2.81 bits per heavy atom. The lowest BCUT2D eigenvalue weighted by Crippen LogP contribution is -2.44. The molecule has 0 aromatic heterocycles. The number of piperidine rings is 1. The van der Waals surface area contributed by atoms with Gasteiger partial charge >= 0.3 is 5.97 Å². The summed E-state index contributed by atoms with van der Waals surface area (Å²) in [7, 11) is 0. The monoisotopic (exact) mass is 217 g/mol. The summed E-state index contributed by atoms with van der Waals surface area (Å²) in [6.45, 7) is 3.84. The Labute approximate surface area is 94.8 Å². The Kier molecular flexibility index (Phi) is 2.04. The third-order valence-electron chi connectivity index (χ3n) is 3.70. The maximum Gasteiger partial charge on any atom is 0.322 e. The van der Waals surface area contributed by atoms with Crippen LogP contribution < -0.4 is 10.1 Å². The van der Waals surface area contributed by atoms with Crippen LogP contribution in [0.25, 0.3) is 0 Å². The first-order valence-electron chi connectivity index (χ1n) is 5.76. The van der Waals surface area contributed by atoms with Gasteiger partial charge in [-0.1, -0.05) is 17.7 Å². The van der Waals surface area contributed by atoms with Crippen LogP contribution in [0.3, 0.4) is 0 Å². The lowest BCUT2D eigenvalue weighted by atomic mass is 9.74. The Morgan fingerprint density at radius 1 is 1.31 bits per heavy atom. The summed E-state index contributed by atoms with van der Waals surface area (Å²) in [6.07, 6.45) is 1.70. The zero-order chi connectivity index (χ0) is 11.2. The summed E-state index contributed by atoms with van der Waals surface area (Å²) in [5.41, 5.74) is 1.92. The molecule has 1 aromatic carbocycles. The highest BCUT2D eigenvalue weighted by molar-refractivity contribution is 5.90. The van der Waals surface area contributed by atoms with Crippen molar-refractivity contribution in [1.82, 2.24) is 5.32 Å². The van der Waals surface area contributed by atoms with E-state index in [0.29, 0.717) is 0 Å². The number of fused-ring (bicyclic) bond motifs is 2. The molecule has 3 rings (SSSR count). The van der Waals surface area contributed by atoms with Gasteiger partial charge in [0.2, 0.25) is 0 Å². The van der Waals surface area contributed by atoms with E-state index in [9.17, 15) is 4.79 Å². The summed E-state index contributed by atoms with van der Waals surface area (Å²) in [4.78, 5) is 12.1. The standard InChI is InChI=1S/C13H15NO2/c1-9-2-3-11-10(8-9)13(12(15)16-11)4-6-14-7-5-13/h2-3,8,14H,4-7H2,1H3. The SMILES string of the molecule is Cc1ccc2c(c1)C1(CCNCC1)C(=O)O2. The van der Waals surface area contributed by atoms with E-state index in [0.717, 1.165) is 37.2 Å². The number of carbonyl (C=O) groups excluding carboxylic acids is 1. The molecule has 2 aliphatic heterocycles. The lowest BCUT2D eigenvalue weighted by Gasteiger charge is -2.30. The molecule has 1 saturated heterocycles. The largest absolute Gasteiger partial charge is 0.426 e. The Hall–Kier alpha value is -1.35. The van der Waals surface area contributed by atoms with Gasteiger partial charge in [0.15, 0.2) is 0 Å². The molecule has 0 atom stereocenters. The van der Waals surface area contributed by atoms with Crippen LogP contribution in [0.5, 0.6) is 5.75 Å². The van der Waals surface area contributed by atoms with Gasteiger partial charge in [0, 0.05) is 5.56 Å². The molecule has 2 heterocycles. The average molecular weight is 217 g/mol. The highest BCUT2D eigenvalue weighted by Gasteiger charge is 2.49. The molecule has 1 fully saturated rings. The van der Waals surface area contributed by atoms with Crippen molar-refractivity contribution in [2.45, 2.75) is 25.2 Å². The molecule has 0 aliphatic carbocycles. The molecular weight excluding hydrogens is 202 g/mol. The van der Waals surface area contributed by atoms with Gasteiger partial charge in [-0.3, -0.25) is 4.79 Å². The predicted molar refractivity (Wildman–Crippen MR) is 60.6 cm³/mol. The minimum absolute atomic E-state index is 0.0606. The molecule has 0 unspecified atom stereocenters. The van der Waals surface area contributed by atoms with E-state index in [1.165, 1.54) is 5.56 Å². The Bertz CT molecular complexity index is 447. The zero-order valence-electron chi connectivity index (χ0n) is 9.38. The van der Waals surface area contributed by atoms with Crippen LogP contribution >= 0.6 is 0 Å². The van der Waals surface area contributed by atoms with Crippen molar-refractivity contribution in [1.29, 1.82) is 0 Å². The van der Waals surface area contributed by atoms with Crippen LogP contribution in [0, 0.1) is 6.92 Å². The molecule has 16 heavy (non-hydrogen) atoms. The number of aryl methyl sites for hydroxylation is 1. The van der Waals surface area contributed by atoms with Gasteiger partial charge in [0.05, 0.1) is 5.41 Å². The summed E-state index contributed by atoms with van der Waals surface area (Å²) < 4.78 is 5.39. The molecule has 1 N–H and O–H groups in total. The number of esters is 1. The van der Waals surface area contributed by atoms with Crippen molar-refractivity contribution in [2.24, 2.45) is 0 Å². The second-order valence-electron chi connectivity index (χ2n) is 4.72. The zero-order valence-corrected chi connectivity index (χ0v) is 9.38. The molecular formula is C13H15NO2. The molecule has 0 saturated carbocycles. The number of carbonyl (C=O) groups is 1. The number of rotatable bonds is 0. The van der Waals surface area contributed by atoms with Crippen LogP contribution in [0.4, 0.5) is 0 Å². The molecule has 1 spiro atoms. The van der Waals surface area contributed by atoms with E-state index in [-0.39, 0.29) is 11.4 Å². The summed E-state index contributed by atoms with van der Waals surface area (Å²) in [5, 5.41) is 3.29. The van der Waals surface area contributed by atoms with E-state index < -0.39 is 0 Å². The molecule has 3 nitrogen and oxygen atoms in total. The fourth-order valence-electron chi connectivity index (χ4n) is 2.74. The number of benzene rings is 1. The van der Waals surface area contributed by atoms with Gasteiger partial charge < -0.3 is 10.1 Å². The molecule has 2 aliphatic rings. The van der Waals surface area contributed by atoms with Crippen LogP contribution in [0.2, 0.25) is 0 Å². The number of ether oxygens (including phenoxy) is 1. The third kappa shape index (κ3) is 1.21. The normalized spacial score (nSPS) is 21.9. The highest BCUT2D eigenvalue weighted by atomic mass is 16.5. The minimum Gasteiger partial charge on any atom is -0.426 e. The molecule has 1 aromatic rings. The smallest absolute Gasteiger partial charge is 0.322 e. The fraction of sp³-hybridized carbons (Fsp3) is 0.462. The minimum atomic E-state index is -0.368. The lowest BCUT2D eigenvalue weighted by molar-refractivity contribution is -0.139. The Morgan fingerprint density at radius 2 is 2.06 bits per heavy atom.